The molecule has 0 bridgehead atoms. The monoisotopic (exact) mass is 606 g/mol. The Kier molecular flexibility index (Phi) is 10.4. The van der Waals surface area contributed by atoms with Crippen molar-refractivity contribution in [3.8, 4) is 23.0 Å². The van der Waals surface area contributed by atoms with Crippen molar-refractivity contribution in [2.45, 2.75) is 26.1 Å². The molecule has 0 aromatic heterocycles. The van der Waals surface area contributed by atoms with Crippen molar-refractivity contribution >= 4 is 34.1 Å². The number of hydrogen-bond donors (Lipinski definition) is 4. The molecule has 0 radical (unpaired) electrons. The van der Waals surface area contributed by atoms with E-state index in [2.05, 4.69) is 37.1 Å². The van der Waals surface area contributed by atoms with Gasteiger partial charge in [0.1, 0.15) is 18.1 Å². The maximum absolute atomic E-state index is 12.4. The van der Waals surface area contributed by atoms with Gasteiger partial charge < -0.3 is 39.4 Å². The second kappa shape index (κ2) is 13.7. The maximum Gasteiger partial charge on any atom is 0.337 e. The van der Waals surface area contributed by atoms with Gasteiger partial charge in [-0.3, -0.25) is 5.43 Å². The highest BCUT2D eigenvalue weighted by Gasteiger charge is 2.32. The number of esters is 1. The number of benzene rings is 2. The summed E-state index contributed by atoms with van der Waals surface area (Å²) < 4.78 is 27.7. The molecule has 13 heteroatoms. The van der Waals surface area contributed by atoms with Gasteiger partial charge in [0, 0.05) is 17.3 Å². The Morgan fingerprint density at radius 1 is 1.13 bits per heavy atom. The van der Waals surface area contributed by atoms with E-state index in [4.69, 9.17) is 23.7 Å². The number of methoxy groups -OCH3 is 3. The lowest BCUT2D eigenvalue weighted by Crippen LogP contribution is -2.45. The average Bonchev–Trinajstić information content (AvgIpc) is 2.91. The number of amides is 2. The predicted octanol–water partition coefficient (Wildman–Crippen LogP) is 2.99. The summed E-state index contributed by atoms with van der Waals surface area (Å²) in [4.78, 5) is 24.5. The van der Waals surface area contributed by atoms with Crippen LogP contribution in [-0.4, -0.2) is 64.1 Å². The van der Waals surface area contributed by atoms with E-state index in [1.807, 2.05) is 6.92 Å². The van der Waals surface area contributed by atoms with E-state index in [-0.39, 0.29) is 12.2 Å². The van der Waals surface area contributed by atoms with Gasteiger partial charge in [0.15, 0.2) is 17.7 Å². The molecule has 0 unspecified atom stereocenters. The molecule has 39 heavy (non-hydrogen) atoms. The van der Waals surface area contributed by atoms with E-state index in [1.54, 1.807) is 44.4 Å². The minimum Gasteiger partial charge on any atom is -0.496 e. The lowest BCUT2D eigenvalue weighted by molar-refractivity contribution is -0.136. The molecule has 1 aliphatic rings. The number of hydrazone groups is 1. The van der Waals surface area contributed by atoms with Crippen molar-refractivity contribution in [1.82, 2.24) is 16.1 Å². The minimum absolute atomic E-state index is 0.156. The number of urea groups is 1. The highest BCUT2D eigenvalue weighted by atomic mass is 79.9. The molecule has 4 N–H and O–H groups in total. The molecule has 3 rings (SSSR count). The fraction of sp³-hybridized carbons (Fsp3) is 0.346. The number of aliphatic hydroxyl groups excluding tert-OH is 1. The zero-order valence-corrected chi connectivity index (χ0v) is 23.7. The van der Waals surface area contributed by atoms with E-state index in [9.17, 15) is 14.7 Å². The Hall–Kier alpha value is -3.97. The van der Waals surface area contributed by atoms with Gasteiger partial charge >= 0.3 is 12.0 Å². The van der Waals surface area contributed by atoms with Crippen molar-refractivity contribution < 1.29 is 38.4 Å². The fourth-order valence-corrected chi connectivity index (χ4v) is 4.32. The first-order valence-electron chi connectivity index (χ1n) is 11.9. The zero-order valence-electron chi connectivity index (χ0n) is 22.2. The predicted molar refractivity (Wildman–Crippen MR) is 146 cm³/mol. The van der Waals surface area contributed by atoms with Crippen molar-refractivity contribution in [1.29, 1.82) is 0 Å². The van der Waals surface area contributed by atoms with Gasteiger partial charge in [-0.15, -0.1) is 0 Å². The largest absolute Gasteiger partial charge is 0.496 e. The molecule has 2 aromatic rings. The van der Waals surface area contributed by atoms with Crippen LogP contribution in [0, 0.1) is 0 Å². The molecule has 0 aliphatic carbocycles. The van der Waals surface area contributed by atoms with E-state index < -0.39 is 24.3 Å². The summed E-state index contributed by atoms with van der Waals surface area (Å²) in [6.07, 6.45) is 0.345. The number of aliphatic hydroxyl groups is 1. The third-order valence-corrected chi connectivity index (χ3v) is 6.22. The van der Waals surface area contributed by atoms with Gasteiger partial charge in [-0.2, -0.15) is 5.10 Å². The van der Waals surface area contributed by atoms with Gasteiger partial charge in [0.2, 0.25) is 0 Å². The number of nitrogens with one attached hydrogen (secondary N) is 3. The smallest absolute Gasteiger partial charge is 0.337 e. The van der Waals surface area contributed by atoms with Crippen LogP contribution in [0.15, 0.2) is 51.2 Å². The van der Waals surface area contributed by atoms with Crippen molar-refractivity contribution in [3.05, 3.63) is 57.2 Å². The first-order valence-corrected chi connectivity index (χ1v) is 12.7. The number of halogens is 1. The minimum atomic E-state index is -1.15. The molecule has 0 saturated heterocycles. The van der Waals surface area contributed by atoms with E-state index >= 15 is 0 Å². The lowest BCUT2D eigenvalue weighted by atomic mass is 9.95. The first kappa shape index (κ1) is 29.6. The van der Waals surface area contributed by atoms with Crippen molar-refractivity contribution in [2.75, 3.05) is 34.5 Å². The van der Waals surface area contributed by atoms with Gasteiger partial charge in [-0.05, 0) is 53.5 Å². The normalized spacial score (nSPS) is 15.8. The van der Waals surface area contributed by atoms with Crippen LogP contribution in [0.5, 0.6) is 23.0 Å². The van der Waals surface area contributed by atoms with Crippen LogP contribution in [0.4, 0.5) is 4.79 Å². The summed E-state index contributed by atoms with van der Waals surface area (Å²) in [5.41, 5.74) is 4.50. The molecule has 0 fully saturated rings. The molecule has 2 atom stereocenters. The van der Waals surface area contributed by atoms with Crippen LogP contribution >= 0.6 is 15.9 Å². The summed E-state index contributed by atoms with van der Waals surface area (Å²) in [6.45, 7) is 3.61. The Balaban J connectivity index is 1.71. The number of nitrogens with zero attached hydrogens (tertiary/aromatic N) is 1. The van der Waals surface area contributed by atoms with Crippen LogP contribution in [0.3, 0.4) is 0 Å². The van der Waals surface area contributed by atoms with Crippen LogP contribution < -0.4 is 35.0 Å². The summed E-state index contributed by atoms with van der Waals surface area (Å²) >= 11 is 3.42. The standard InChI is InChI=1S/C26H31BrN4O8/c1-6-38-21-10-15(24-23(25(33)37-5)14(2)29-26(34)30-24)7-8-18(21)39-13-22(32)31-28-12-16-9-17(27)20(36-4)11-19(16)35-3/h7-12,22,24,31-32H,6,13H2,1-5H3,(H2,29,30,34)/b28-12-/t22-,24+/m1/s1. The highest BCUT2D eigenvalue weighted by molar-refractivity contribution is 9.10. The second-order valence-corrected chi connectivity index (χ2v) is 9.00. The first-order chi connectivity index (χ1) is 18.7. The number of rotatable bonds is 12. The molecule has 1 aliphatic heterocycles. The van der Waals surface area contributed by atoms with Gasteiger partial charge in [0.25, 0.3) is 0 Å². The van der Waals surface area contributed by atoms with E-state index in [1.165, 1.54) is 20.4 Å². The van der Waals surface area contributed by atoms with Gasteiger partial charge in [-0.1, -0.05) is 6.07 Å². The zero-order chi connectivity index (χ0) is 28.5. The number of carbonyl (C=O) groups is 2. The number of carbonyl (C=O) groups excluding carboxylic acids is 2. The van der Waals surface area contributed by atoms with Gasteiger partial charge in [-0.25, -0.2) is 9.59 Å². The molecular formula is C26H31BrN4O8. The molecule has 2 amide bonds. The molecule has 2 aromatic carbocycles. The molecule has 0 saturated carbocycles. The number of ether oxygens (including phenoxy) is 5. The Morgan fingerprint density at radius 2 is 1.87 bits per heavy atom. The summed E-state index contributed by atoms with van der Waals surface area (Å²) in [5, 5.41) is 19.7. The van der Waals surface area contributed by atoms with Crippen molar-refractivity contribution in [2.24, 2.45) is 5.10 Å². The SMILES string of the molecule is CCOc1cc([C@@H]2NC(=O)NC(C)=C2C(=O)OC)ccc1OC[C@@H](O)N/N=C\c1cc(Br)c(OC)cc1OC. The summed E-state index contributed by atoms with van der Waals surface area (Å²) in [7, 11) is 4.36. The summed E-state index contributed by atoms with van der Waals surface area (Å²) in [5.74, 6) is 1.30. The third-order valence-electron chi connectivity index (χ3n) is 5.60. The molecule has 1 heterocycles. The molecule has 12 nitrogen and oxygen atoms in total. The van der Waals surface area contributed by atoms with Crippen molar-refractivity contribution in [3.63, 3.8) is 0 Å². The Morgan fingerprint density at radius 3 is 2.54 bits per heavy atom. The second-order valence-electron chi connectivity index (χ2n) is 8.14. The number of allylic oxidation sites excluding steroid dienone is 1. The summed E-state index contributed by atoms with van der Waals surface area (Å²) in [6, 6.07) is 7.27. The Bertz CT molecular complexity index is 1270. The molecule has 210 valence electrons. The molecule has 0 spiro atoms. The number of hydrogen-bond acceptors (Lipinski definition) is 10. The topological polar surface area (TPSA) is 149 Å². The van der Waals surface area contributed by atoms with Gasteiger partial charge in [0.05, 0.1) is 50.2 Å². The average molecular weight is 607 g/mol. The quantitative estimate of drug-likeness (QED) is 0.124. The molecular weight excluding hydrogens is 576 g/mol. The maximum atomic E-state index is 12.4. The van der Waals surface area contributed by atoms with Crippen LogP contribution in [0.1, 0.15) is 31.0 Å². The Labute approximate surface area is 234 Å². The van der Waals surface area contributed by atoms with E-state index in [0.717, 1.165) is 4.47 Å². The third kappa shape index (κ3) is 7.33. The van der Waals surface area contributed by atoms with E-state index in [0.29, 0.717) is 46.4 Å². The lowest BCUT2D eigenvalue weighted by Gasteiger charge is -2.28. The van der Waals surface area contributed by atoms with Crippen LogP contribution in [0.2, 0.25) is 0 Å². The fourth-order valence-electron chi connectivity index (χ4n) is 3.80. The van der Waals surface area contributed by atoms with Crippen LogP contribution in [-0.2, 0) is 9.53 Å². The van der Waals surface area contributed by atoms with Crippen LogP contribution in [0.25, 0.3) is 0 Å². The highest BCUT2D eigenvalue weighted by Crippen LogP contribution is 2.35.